The highest BCUT2D eigenvalue weighted by Crippen LogP contribution is 2.37. The highest BCUT2D eigenvalue weighted by atomic mass is 16.6. The summed E-state index contributed by atoms with van der Waals surface area (Å²) < 4.78 is 10.7. The summed E-state index contributed by atoms with van der Waals surface area (Å²) in [4.78, 5) is 12.2. The Bertz CT molecular complexity index is 296. The lowest BCUT2D eigenvalue weighted by atomic mass is 9.72. The molecule has 1 fully saturated rings. The molecule has 1 saturated heterocycles. The van der Waals surface area contributed by atoms with Gasteiger partial charge in [0.1, 0.15) is 12.7 Å². The van der Waals surface area contributed by atoms with Crippen LogP contribution in [-0.2, 0) is 14.3 Å². The average molecular weight is 256 g/mol. The maximum atomic E-state index is 12.2. The van der Waals surface area contributed by atoms with Crippen LogP contribution in [0.15, 0.2) is 0 Å². The number of hydrogen-bond donors (Lipinski definition) is 0. The standard InChI is InChI=1S/C15H28O3/c1-10-12(18-10)9-17-13(16)11(15(5,6)7)8-14(2,3)4/h10-12H,8-9H2,1-7H3/t10-,11?,12+/m1/s1. The summed E-state index contributed by atoms with van der Waals surface area (Å²) in [6.45, 7) is 15.2. The lowest BCUT2D eigenvalue weighted by Crippen LogP contribution is -2.34. The minimum Gasteiger partial charge on any atom is -0.463 e. The Morgan fingerprint density at radius 1 is 1.22 bits per heavy atom. The van der Waals surface area contributed by atoms with Crippen LogP contribution < -0.4 is 0 Å². The highest BCUT2D eigenvalue weighted by Gasteiger charge is 2.39. The number of esters is 1. The SMILES string of the molecule is C[C@H]1O[C@H]1COC(=O)C(CC(C)(C)C)C(C)(C)C. The third-order valence-electron chi connectivity index (χ3n) is 3.37. The van der Waals surface area contributed by atoms with Gasteiger partial charge in [0, 0.05) is 0 Å². The van der Waals surface area contributed by atoms with Gasteiger partial charge in [-0.15, -0.1) is 0 Å². The Morgan fingerprint density at radius 2 is 1.72 bits per heavy atom. The van der Waals surface area contributed by atoms with Crippen LogP contribution in [0.2, 0.25) is 0 Å². The molecule has 0 radical (unpaired) electrons. The van der Waals surface area contributed by atoms with Crippen LogP contribution in [0.5, 0.6) is 0 Å². The van der Waals surface area contributed by atoms with Gasteiger partial charge in [-0.05, 0) is 24.2 Å². The second kappa shape index (κ2) is 5.20. The zero-order chi connectivity index (χ0) is 14.1. The van der Waals surface area contributed by atoms with Crippen molar-refractivity contribution in [1.29, 1.82) is 0 Å². The molecule has 106 valence electrons. The van der Waals surface area contributed by atoms with Crippen molar-refractivity contribution in [3.63, 3.8) is 0 Å². The van der Waals surface area contributed by atoms with Crippen LogP contribution in [0.1, 0.15) is 54.9 Å². The number of carbonyl (C=O) groups excluding carboxylic acids is 1. The van der Waals surface area contributed by atoms with Gasteiger partial charge in [-0.1, -0.05) is 41.5 Å². The first-order chi connectivity index (χ1) is 8.00. The van der Waals surface area contributed by atoms with Crippen molar-refractivity contribution >= 4 is 5.97 Å². The first-order valence-electron chi connectivity index (χ1n) is 6.83. The van der Waals surface area contributed by atoms with Gasteiger partial charge in [0.05, 0.1) is 12.0 Å². The van der Waals surface area contributed by atoms with Gasteiger partial charge >= 0.3 is 5.97 Å². The van der Waals surface area contributed by atoms with E-state index < -0.39 is 0 Å². The first kappa shape index (κ1) is 15.5. The number of hydrogen-bond acceptors (Lipinski definition) is 3. The van der Waals surface area contributed by atoms with E-state index in [9.17, 15) is 4.79 Å². The Balaban J connectivity index is 2.56. The van der Waals surface area contributed by atoms with Crippen molar-refractivity contribution in [3.05, 3.63) is 0 Å². The topological polar surface area (TPSA) is 38.8 Å². The van der Waals surface area contributed by atoms with E-state index in [-0.39, 0.29) is 34.9 Å². The molecule has 0 N–H and O–H groups in total. The molecule has 0 saturated carbocycles. The molecule has 1 rings (SSSR count). The summed E-state index contributed by atoms with van der Waals surface area (Å²) in [5, 5.41) is 0. The van der Waals surface area contributed by atoms with Crippen molar-refractivity contribution < 1.29 is 14.3 Å². The van der Waals surface area contributed by atoms with Crippen LogP contribution in [0, 0.1) is 16.7 Å². The number of epoxide rings is 1. The molecule has 3 heteroatoms. The van der Waals surface area contributed by atoms with Crippen LogP contribution in [0.25, 0.3) is 0 Å². The summed E-state index contributed by atoms with van der Waals surface area (Å²) in [7, 11) is 0. The largest absolute Gasteiger partial charge is 0.463 e. The van der Waals surface area contributed by atoms with E-state index in [0.29, 0.717) is 6.61 Å². The molecule has 1 unspecified atom stereocenters. The van der Waals surface area contributed by atoms with Crippen LogP contribution in [0.4, 0.5) is 0 Å². The predicted octanol–water partition coefficient (Wildman–Crippen LogP) is 3.42. The fourth-order valence-electron chi connectivity index (χ4n) is 2.03. The van der Waals surface area contributed by atoms with E-state index in [0.717, 1.165) is 6.42 Å². The number of rotatable bonds is 4. The minimum absolute atomic E-state index is 0.0634. The molecule has 3 nitrogen and oxygen atoms in total. The van der Waals surface area contributed by atoms with Gasteiger partial charge in [-0.25, -0.2) is 0 Å². The summed E-state index contributed by atoms with van der Waals surface area (Å²) in [6, 6.07) is 0. The lowest BCUT2D eigenvalue weighted by Gasteiger charge is -2.33. The van der Waals surface area contributed by atoms with Gasteiger partial charge in [-0.3, -0.25) is 4.79 Å². The van der Waals surface area contributed by atoms with Gasteiger partial charge in [0.15, 0.2) is 0 Å². The van der Waals surface area contributed by atoms with E-state index in [2.05, 4.69) is 41.5 Å². The van der Waals surface area contributed by atoms with Gasteiger partial charge < -0.3 is 9.47 Å². The molecule has 0 aliphatic carbocycles. The van der Waals surface area contributed by atoms with Crippen molar-refractivity contribution in [2.45, 2.75) is 67.1 Å². The average Bonchev–Trinajstić information content (AvgIpc) is 2.84. The minimum atomic E-state index is -0.0832. The second-order valence-corrected chi connectivity index (χ2v) is 7.69. The van der Waals surface area contributed by atoms with Crippen molar-refractivity contribution in [3.8, 4) is 0 Å². The molecule has 0 spiro atoms. The third-order valence-corrected chi connectivity index (χ3v) is 3.37. The van der Waals surface area contributed by atoms with E-state index in [1.54, 1.807) is 0 Å². The van der Waals surface area contributed by atoms with Crippen molar-refractivity contribution in [1.82, 2.24) is 0 Å². The third kappa shape index (κ3) is 4.97. The molecule has 0 aromatic rings. The van der Waals surface area contributed by atoms with Gasteiger partial charge in [0.25, 0.3) is 0 Å². The molecular formula is C15H28O3. The number of carbonyl (C=O) groups is 1. The molecule has 18 heavy (non-hydrogen) atoms. The first-order valence-corrected chi connectivity index (χ1v) is 6.83. The van der Waals surface area contributed by atoms with Crippen LogP contribution in [0.3, 0.4) is 0 Å². The van der Waals surface area contributed by atoms with Crippen molar-refractivity contribution in [2.75, 3.05) is 6.61 Å². The molecule has 1 aliphatic heterocycles. The summed E-state index contributed by atoms with van der Waals surface area (Å²) in [6.07, 6.45) is 1.20. The quantitative estimate of drug-likeness (QED) is 0.571. The van der Waals surface area contributed by atoms with E-state index in [4.69, 9.17) is 9.47 Å². The molecule has 0 bridgehead atoms. The summed E-state index contributed by atoms with van der Waals surface area (Å²) >= 11 is 0. The van der Waals surface area contributed by atoms with Gasteiger partial charge in [-0.2, -0.15) is 0 Å². The smallest absolute Gasteiger partial charge is 0.309 e. The fraction of sp³-hybridized carbons (Fsp3) is 0.933. The molecule has 1 aliphatic rings. The molecule has 3 atom stereocenters. The van der Waals surface area contributed by atoms with E-state index >= 15 is 0 Å². The zero-order valence-electron chi connectivity index (χ0n) is 12.9. The Labute approximate surface area is 111 Å². The van der Waals surface area contributed by atoms with Crippen molar-refractivity contribution in [2.24, 2.45) is 16.7 Å². The second-order valence-electron chi connectivity index (χ2n) is 7.69. The maximum Gasteiger partial charge on any atom is 0.309 e. The molecule has 0 aromatic carbocycles. The van der Waals surface area contributed by atoms with E-state index in [1.165, 1.54) is 0 Å². The van der Waals surface area contributed by atoms with Crippen LogP contribution in [-0.4, -0.2) is 24.8 Å². The Hall–Kier alpha value is -0.570. The van der Waals surface area contributed by atoms with E-state index in [1.807, 2.05) is 6.92 Å². The van der Waals surface area contributed by atoms with Crippen LogP contribution >= 0.6 is 0 Å². The Morgan fingerprint density at radius 3 is 2.06 bits per heavy atom. The zero-order valence-corrected chi connectivity index (χ0v) is 12.9. The number of ether oxygens (including phenoxy) is 2. The summed E-state index contributed by atoms with van der Waals surface area (Å²) in [5.41, 5.74) is 0.0563. The molecular weight excluding hydrogens is 228 g/mol. The maximum absolute atomic E-state index is 12.2. The normalized spacial score (nSPS) is 25.7. The predicted molar refractivity (Wildman–Crippen MR) is 72.3 cm³/mol. The monoisotopic (exact) mass is 256 g/mol. The highest BCUT2D eigenvalue weighted by molar-refractivity contribution is 5.73. The lowest BCUT2D eigenvalue weighted by molar-refractivity contribution is -0.154. The molecule has 0 amide bonds. The fourth-order valence-corrected chi connectivity index (χ4v) is 2.03. The summed E-state index contributed by atoms with van der Waals surface area (Å²) in [5.74, 6) is -0.147. The molecule has 1 heterocycles. The van der Waals surface area contributed by atoms with Gasteiger partial charge in [0.2, 0.25) is 0 Å². The molecule has 0 aromatic heterocycles. The Kier molecular flexibility index (Phi) is 4.47.